The number of aliphatic hydroxyl groups is 1. The Morgan fingerprint density at radius 1 is 1.16 bits per heavy atom. The van der Waals surface area contributed by atoms with Gasteiger partial charge in [-0.2, -0.15) is 11.3 Å². The Hall–Kier alpha value is -0.860. The van der Waals surface area contributed by atoms with Crippen LogP contribution in [-0.4, -0.2) is 11.7 Å². The van der Waals surface area contributed by atoms with Crippen molar-refractivity contribution in [2.24, 2.45) is 0 Å². The van der Waals surface area contributed by atoms with Crippen LogP contribution in [0.2, 0.25) is 0 Å². The zero-order valence-electron chi connectivity index (χ0n) is 12.2. The highest BCUT2D eigenvalue weighted by atomic mass is 32.1. The van der Waals surface area contributed by atoms with Crippen molar-refractivity contribution >= 4 is 11.3 Å². The highest BCUT2D eigenvalue weighted by molar-refractivity contribution is 7.07. The summed E-state index contributed by atoms with van der Waals surface area (Å²) in [6.45, 7) is 4.68. The van der Waals surface area contributed by atoms with E-state index in [1.54, 1.807) is 11.3 Å². The Kier molecular flexibility index (Phi) is 8.52. The summed E-state index contributed by atoms with van der Waals surface area (Å²) in [5.74, 6) is 0. The summed E-state index contributed by atoms with van der Waals surface area (Å²) in [6, 6.07) is 2.21. The van der Waals surface area contributed by atoms with Crippen LogP contribution in [0.15, 0.2) is 40.1 Å². The highest BCUT2D eigenvalue weighted by Gasteiger charge is 1.94. The summed E-state index contributed by atoms with van der Waals surface area (Å²) < 4.78 is 0. The van der Waals surface area contributed by atoms with Crippen LogP contribution in [0.1, 0.15) is 51.5 Å². The van der Waals surface area contributed by atoms with Gasteiger partial charge in [-0.25, -0.2) is 0 Å². The SMILES string of the molecule is C/C(=C\CCc1ccsc1)CC/C=C(\C)CCCO. The lowest BCUT2D eigenvalue weighted by molar-refractivity contribution is 0.288. The first-order chi connectivity index (χ1) is 9.22. The molecule has 0 atom stereocenters. The molecular formula is C17H26OS. The van der Waals surface area contributed by atoms with Crippen LogP contribution in [0.5, 0.6) is 0 Å². The molecule has 19 heavy (non-hydrogen) atoms. The maximum Gasteiger partial charge on any atom is 0.0434 e. The van der Waals surface area contributed by atoms with Gasteiger partial charge in [0, 0.05) is 6.61 Å². The topological polar surface area (TPSA) is 20.2 Å². The van der Waals surface area contributed by atoms with Crippen molar-refractivity contribution in [1.82, 2.24) is 0 Å². The van der Waals surface area contributed by atoms with E-state index in [1.807, 2.05) is 0 Å². The van der Waals surface area contributed by atoms with Crippen molar-refractivity contribution in [2.45, 2.75) is 52.4 Å². The second kappa shape index (κ2) is 9.99. The lowest BCUT2D eigenvalue weighted by Crippen LogP contribution is -1.85. The van der Waals surface area contributed by atoms with Gasteiger partial charge >= 0.3 is 0 Å². The number of aliphatic hydroxyl groups excluding tert-OH is 1. The number of rotatable bonds is 9. The van der Waals surface area contributed by atoms with Crippen LogP contribution >= 0.6 is 11.3 Å². The van der Waals surface area contributed by atoms with Gasteiger partial charge in [-0.3, -0.25) is 0 Å². The van der Waals surface area contributed by atoms with E-state index in [9.17, 15) is 0 Å². The van der Waals surface area contributed by atoms with Gasteiger partial charge in [0.25, 0.3) is 0 Å². The molecule has 1 aromatic rings. The molecule has 1 nitrogen and oxygen atoms in total. The Balaban J connectivity index is 2.17. The van der Waals surface area contributed by atoms with E-state index in [0.29, 0.717) is 6.61 Å². The van der Waals surface area contributed by atoms with E-state index in [1.165, 1.54) is 16.7 Å². The predicted molar refractivity (Wildman–Crippen MR) is 85.7 cm³/mol. The molecule has 0 radical (unpaired) electrons. The Morgan fingerprint density at radius 2 is 1.89 bits per heavy atom. The fourth-order valence-corrected chi connectivity index (χ4v) is 2.73. The van der Waals surface area contributed by atoms with Gasteiger partial charge in [-0.15, -0.1) is 0 Å². The molecule has 0 spiro atoms. The predicted octanol–water partition coefficient (Wildman–Crippen LogP) is 5.13. The summed E-state index contributed by atoms with van der Waals surface area (Å²) in [6.07, 6.45) is 11.2. The van der Waals surface area contributed by atoms with Gasteiger partial charge in [0.1, 0.15) is 0 Å². The lowest BCUT2D eigenvalue weighted by atomic mass is 10.1. The molecule has 0 saturated heterocycles. The van der Waals surface area contributed by atoms with Crippen LogP contribution in [0.25, 0.3) is 0 Å². The van der Waals surface area contributed by atoms with E-state index in [-0.39, 0.29) is 0 Å². The van der Waals surface area contributed by atoms with E-state index < -0.39 is 0 Å². The molecule has 1 aromatic heterocycles. The zero-order chi connectivity index (χ0) is 13.9. The van der Waals surface area contributed by atoms with Crippen LogP contribution in [0, 0.1) is 0 Å². The maximum absolute atomic E-state index is 8.77. The first-order valence-electron chi connectivity index (χ1n) is 7.15. The van der Waals surface area contributed by atoms with E-state index in [4.69, 9.17) is 5.11 Å². The minimum atomic E-state index is 0.298. The standard InChI is InChI=1S/C17H26OS/c1-15(6-3-7-16(2)9-5-12-18)8-4-10-17-11-13-19-14-17/h7-8,11,13-14,18H,3-6,9-10,12H2,1-2H3/b15-8+,16-7+. The van der Waals surface area contributed by atoms with E-state index in [2.05, 4.69) is 42.8 Å². The van der Waals surface area contributed by atoms with E-state index in [0.717, 1.165) is 38.5 Å². The second-order valence-corrected chi connectivity index (χ2v) is 5.92. The maximum atomic E-state index is 8.77. The normalized spacial score (nSPS) is 13.0. The third-order valence-electron chi connectivity index (χ3n) is 3.27. The molecule has 1 rings (SSSR count). The molecule has 0 aliphatic carbocycles. The van der Waals surface area contributed by atoms with Gasteiger partial charge in [0.15, 0.2) is 0 Å². The van der Waals surface area contributed by atoms with Crippen molar-refractivity contribution in [1.29, 1.82) is 0 Å². The molecule has 2 heteroatoms. The molecule has 1 heterocycles. The van der Waals surface area contributed by atoms with Gasteiger partial charge in [-0.05, 0) is 74.8 Å². The van der Waals surface area contributed by atoms with Gasteiger partial charge in [0.2, 0.25) is 0 Å². The average molecular weight is 278 g/mol. The Bertz CT molecular complexity index is 387. The number of allylic oxidation sites excluding steroid dienone is 4. The lowest BCUT2D eigenvalue weighted by Gasteiger charge is -2.01. The fraction of sp³-hybridized carbons (Fsp3) is 0.529. The van der Waals surface area contributed by atoms with Crippen LogP contribution in [-0.2, 0) is 6.42 Å². The van der Waals surface area contributed by atoms with Crippen molar-refractivity contribution in [3.8, 4) is 0 Å². The molecule has 0 aliphatic rings. The third kappa shape index (κ3) is 8.02. The van der Waals surface area contributed by atoms with Crippen molar-refractivity contribution in [3.05, 3.63) is 45.7 Å². The molecule has 0 saturated carbocycles. The number of thiophene rings is 1. The highest BCUT2D eigenvalue weighted by Crippen LogP contribution is 2.13. The molecule has 0 fully saturated rings. The third-order valence-corrected chi connectivity index (χ3v) is 4.00. The van der Waals surface area contributed by atoms with E-state index >= 15 is 0 Å². The molecule has 0 aromatic carbocycles. The van der Waals surface area contributed by atoms with Crippen molar-refractivity contribution in [2.75, 3.05) is 6.61 Å². The Morgan fingerprint density at radius 3 is 2.58 bits per heavy atom. The number of hydrogen-bond acceptors (Lipinski definition) is 2. The summed E-state index contributed by atoms with van der Waals surface area (Å²) in [7, 11) is 0. The molecular weight excluding hydrogens is 252 g/mol. The number of aryl methyl sites for hydroxylation is 1. The summed E-state index contributed by atoms with van der Waals surface area (Å²) in [4.78, 5) is 0. The molecule has 0 bridgehead atoms. The number of hydrogen-bond donors (Lipinski definition) is 1. The van der Waals surface area contributed by atoms with Crippen LogP contribution in [0.3, 0.4) is 0 Å². The minimum absolute atomic E-state index is 0.298. The summed E-state index contributed by atoms with van der Waals surface area (Å²) >= 11 is 1.78. The molecule has 0 unspecified atom stereocenters. The summed E-state index contributed by atoms with van der Waals surface area (Å²) in [5.41, 5.74) is 4.34. The smallest absolute Gasteiger partial charge is 0.0434 e. The van der Waals surface area contributed by atoms with Gasteiger partial charge < -0.3 is 5.11 Å². The first-order valence-corrected chi connectivity index (χ1v) is 8.10. The zero-order valence-corrected chi connectivity index (χ0v) is 13.0. The van der Waals surface area contributed by atoms with Crippen molar-refractivity contribution in [3.63, 3.8) is 0 Å². The molecule has 0 aliphatic heterocycles. The van der Waals surface area contributed by atoms with Gasteiger partial charge in [-0.1, -0.05) is 23.3 Å². The fourth-order valence-electron chi connectivity index (χ4n) is 2.03. The van der Waals surface area contributed by atoms with Crippen molar-refractivity contribution < 1.29 is 5.11 Å². The average Bonchev–Trinajstić information content (AvgIpc) is 2.89. The summed E-state index contributed by atoms with van der Waals surface area (Å²) in [5, 5.41) is 13.1. The first kappa shape index (κ1) is 16.2. The van der Waals surface area contributed by atoms with Crippen LogP contribution in [0.4, 0.5) is 0 Å². The quantitative estimate of drug-likeness (QED) is 0.621. The molecule has 106 valence electrons. The van der Waals surface area contributed by atoms with Gasteiger partial charge in [0.05, 0.1) is 0 Å². The van der Waals surface area contributed by atoms with Crippen LogP contribution < -0.4 is 0 Å². The monoisotopic (exact) mass is 278 g/mol. The minimum Gasteiger partial charge on any atom is -0.396 e. The Labute approximate surface area is 121 Å². The largest absolute Gasteiger partial charge is 0.396 e. The second-order valence-electron chi connectivity index (χ2n) is 5.14. The molecule has 0 amide bonds. The molecule has 1 N–H and O–H groups in total.